The van der Waals surface area contributed by atoms with Gasteiger partial charge in [-0.2, -0.15) is 0 Å². The Balaban J connectivity index is 2.96. The van der Waals surface area contributed by atoms with E-state index in [1.54, 1.807) is 14.0 Å². The monoisotopic (exact) mass is 242 g/mol. The fourth-order valence-corrected chi connectivity index (χ4v) is 2.47. The maximum atomic E-state index is 12.1. The van der Waals surface area contributed by atoms with E-state index in [2.05, 4.69) is 5.32 Å². The molecule has 1 saturated heterocycles. The number of aliphatic carboxylic acids is 1. The van der Waals surface area contributed by atoms with Crippen LogP contribution in [0.1, 0.15) is 33.6 Å². The number of likely N-dealkylation sites (N-methyl/N-ethyl adjacent to an activating group) is 1. The first-order valence-corrected chi connectivity index (χ1v) is 6.02. The standard InChI is InChI=1S/C12H22N2O3/c1-8(13-4)10(15)14-7-5-6-12(2,3)9(14)11(16)17/h8-9,13H,5-7H2,1-4H3,(H,16,17). The molecule has 17 heavy (non-hydrogen) atoms. The number of nitrogens with zero attached hydrogens (tertiary/aromatic N) is 1. The lowest BCUT2D eigenvalue weighted by atomic mass is 9.76. The zero-order valence-electron chi connectivity index (χ0n) is 11.0. The Morgan fingerprint density at radius 1 is 1.47 bits per heavy atom. The summed E-state index contributed by atoms with van der Waals surface area (Å²) in [5.41, 5.74) is -0.368. The van der Waals surface area contributed by atoms with Crippen molar-refractivity contribution >= 4 is 11.9 Å². The molecule has 1 fully saturated rings. The van der Waals surface area contributed by atoms with Crippen molar-refractivity contribution in [3.8, 4) is 0 Å². The van der Waals surface area contributed by atoms with E-state index in [-0.39, 0.29) is 17.4 Å². The number of hydrogen-bond donors (Lipinski definition) is 2. The highest BCUT2D eigenvalue weighted by atomic mass is 16.4. The average Bonchev–Trinajstić information content (AvgIpc) is 2.24. The molecule has 1 heterocycles. The number of nitrogens with one attached hydrogen (secondary N) is 1. The lowest BCUT2D eigenvalue weighted by molar-refractivity contribution is -0.159. The van der Waals surface area contributed by atoms with Gasteiger partial charge in [-0.25, -0.2) is 4.79 Å². The molecular formula is C12H22N2O3. The largest absolute Gasteiger partial charge is 0.480 e. The zero-order valence-corrected chi connectivity index (χ0v) is 11.0. The minimum atomic E-state index is -0.911. The highest BCUT2D eigenvalue weighted by Crippen LogP contribution is 2.35. The van der Waals surface area contributed by atoms with Crippen molar-refractivity contribution in [2.45, 2.75) is 45.7 Å². The molecular weight excluding hydrogens is 220 g/mol. The Morgan fingerprint density at radius 2 is 2.06 bits per heavy atom. The SMILES string of the molecule is CNC(C)C(=O)N1CCCC(C)(C)C1C(=O)O. The van der Waals surface area contributed by atoms with Gasteiger partial charge in [-0.3, -0.25) is 4.79 Å². The van der Waals surface area contributed by atoms with Crippen LogP contribution in [0.3, 0.4) is 0 Å². The lowest BCUT2D eigenvalue weighted by Crippen LogP contribution is -2.59. The third-order valence-corrected chi connectivity index (χ3v) is 3.59. The van der Waals surface area contributed by atoms with Crippen LogP contribution in [0.25, 0.3) is 0 Å². The quantitative estimate of drug-likeness (QED) is 0.764. The van der Waals surface area contributed by atoms with Gasteiger partial charge in [0.2, 0.25) is 5.91 Å². The Labute approximate surface area is 102 Å². The van der Waals surface area contributed by atoms with Crippen molar-refractivity contribution in [3.05, 3.63) is 0 Å². The second-order valence-corrected chi connectivity index (χ2v) is 5.37. The topological polar surface area (TPSA) is 69.6 Å². The summed E-state index contributed by atoms with van der Waals surface area (Å²) in [6.07, 6.45) is 1.70. The number of carbonyl (C=O) groups is 2. The molecule has 5 nitrogen and oxygen atoms in total. The van der Waals surface area contributed by atoms with E-state index in [9.17, 15) is 14.7 Å². The van der Waals surface area contributed by atoms with Crippen molar-refractivity contribution in [1.29, 1.82) is 0 Å². The van der Waals surface area contributed by atoms with Crippen molar-refractivity contribution in [3.63, 3.8) is 0 Å². The third-order valence-electron chi connectivity index (χ3n) is 3.59. The Kier molecular flexibility index (Phi) is 4.14. The maximum Gasteiger partial charge on any atom is 0.326 e. The van der Waals surface area contributed by atoms with Gasteiger partial charge < -0.3 is 15.3 Å². The second kappa shape index (κ2) is 5.04. The summed E-state index contributed by atoms with van der Waals surface area (Å²) in [6.45, 7) is 6.11. The van der Waals surface area contributed by atoms with Crippen molar-refractivity contribution < 1.29 is 14.7 Å². The van der Waals surface area contributed by atoms with Gasteiger partial charge >= 0.3 is 5.97 Å². The molecule has 0 saturated carbocycles. The van der Waals surface area contributed by atoms with E-state index >= 15 is 0 Å². The van der Waals surface area contributed by atoms with Gasteiger partial charge in [-0.1, -0.05) is 13.8 Å². The number of carbonyl (C=O) groups excluding carboxylic acids is 1. The van der Waals surface area contributed by atoms with Crippen molar-refractivity contribution in [1.82, 2.24) is 10.2 Å². The van der Waals surface area contributed by atoms with Crippen LogP contribution in [0.15, 0.2) is 0 Å². The minimum Gasteiger partial charge on any atom is -0.480 e. The van der Waals surface area contributed by atoms with Crippen LogP contribution < -0.4 is 5.32 Å². The maximum absolute atomic E-state index is 12.1. The fraction of sp³-hybridized carbons (Fsp3) is 0.833. The van der Waals surface area contributed by atoms with E-state index in [0.29, 0.717) is 6.54 Å². The second-order valence-electron chi connectivity index (χ2n) is 5.37. The number of likely N-dealkylation sites (tertiary alicyclic amines) is 1. The number of piperidine rings is 1. The van der Waals surface area contributed by atoms with Crippen LogP contribution in [0, 0.1) is 5.41 Å². The highest BCUT2D eigenvalue weighted by molar-refractivity contribution is 5.87. The summed E-state index contributed by atoms with van der Waals surface area (Å²) in [7, 11) is 1.70. The van der Waals surface area contributed by atoms with E-state index in [0.717, 1.165) is 12.8 Å². The summed E-state index contributed by atoms with van der Waals surface area (Å²) in [6, 6.07) is -1.06. The first-order chi connectivity index (χ1) is 7.81. The van der Waals surface area contributed by atoms with E-state index in [1.165, 1.54) is 4.90 Å². The Bertz CT molecular complexity index is 315. The minimum absolute atomic E-state index is 0.132. The molecule has 1 aliphatic heterocycles. The predicted molar refractivity (Wildman–Crippen MR) is 64.7 cm³/mol. The molecule has 1 aliphatic rings. The van der Waals surface area contributed by atoms with Crippen molar-refractivity contribution in [2.24, 2.45) is 5.41 Å². The average molecular weight is 242 g/mol. The summed E-state index contributed by atoms with van der Waals surface area (Å²) in [4.78, 5) is 25.0. The van der Waals surface area contributed by atoms with Gasteiger partial charge in [0.1, 0.15) is 6.04 Å². The molecule has 0 radical (unpaired) electrons. The number of carboxylic acids is 1. The molecule has 5 heteroatoms. The highest BCUT2D eigenvalue weighted by Gasteiger charge is 2.45. The summed E-state index contributed by atoms with van der Waals surface area (Å²) in [5, 5.41) is 12.2. The van der Waals surface area contributed by atoms with Crippen LogP contribution in [0.2, 0.25) is 0 Å². The smallest absolute Gasteiger partial charge is 0.326 e. The van der Waals surface area contributed by atoms with E-state index in [1.807, 2.05) is 13.8 Å². The first kappa shape index (κ1) is 14.0. The van der Waals surface area contributed by atoms with E-state index < -0.39 is 12.0 Å². The molecule has 0 aromatic heterocycles. The third kappa shape index (κ3) is 2.77. The van der Waals surface area contributed by atoms with Gasteiger partial charge in [-0.05, 0) is 32.2 Å². The number of carboxylic acid groups (broad SMARTS) is 1. The predicted octanol–water partition coefficient (Wildman–Crippen LogP) is 0.696. The molecule has 2 unspecified atom stereocenters. The molecule has 2 atom stereocenters. The molecule has 2 N–H and O–H groups in total. The molecule has 0 aromatic carbocycles. The molecule has 1 rings (SSSR count). The van der Waals surface area contributed by atoms with Crippen LogP contribution in [0.5, 0.6) is 0 Å². The van der Waals surface area contributed by atoms with Crippen LogP contribution in [-0.4, -0.2) is 47.6 Å². The number of hydrogen-bond acceptors (Lipinski definition) is 3. The number of amides is 1. The molecule has 1 amide bonds. The lowest BCUT2D eigenvalue weighted by Gasteiger charge is -2.44. The van der Waals surface area contributed by atoms with Crippen LogP contribution in [0.4, 0.5) is 0 Å². The number of rotatable bonds is 3. The zero-order chi connectivity index (χ0) is 13.2. The summed E-state index contributed by atoms with van der Waals surface area (Å²) in [5.74, 6) is -1.04. The van der Waals surface area contributed by atoms with Gasteiger partial charge in [0.15, 0.2) is 0 Å². The molecule has 0 spiro atoms. The summed E-state index contributed by atoms with van der Waals surface area (Å²) < 4.78 is 0. The van der Waals surface area contributed by atoms with Gasteiger partial charge in [0.05, 0.1) is 6.04 Å². The van der Waals surface area contributed by atoms with Crippen LogP contribution in [-0.2, 0) is 9.59 Å². The molecule has 0 aromatic rings. The Hall–Kier alpha value is -1.10. The normalized spacial score (nSPS) is 25.4. The molecule has 98 valence electrons. The fourth-order valence-electron chi connectivity index (χ4n) is 2.47. The first-order valence-electron chi connectivity index (χ1n) is 6.02. The molecule has 0 aliphatic carbocycles. The van der Waals surface area contributed by atoms with Gasteiger partial charge in [-0.15, -0.1) is 0 Å². The van der Waals surface area contributed by atoms with Gasteiger partial charge in [0, 0.05) is 6.54 Å². The van der Waals surface area contributed by atoms with Gasteiger partial charge in [0.25, 0.3) is 0 Å². The Morgan fingerprint density at radius 3 is 2.53 bits per heavy atom. The summed E-state index contributed by atoms with van der Waals surface area (Å²) >= 11 is 0. The molecule has 0 bridgehead atoms. The van der Waals surface area contributed by atoms with Crippen LogP contribution >= 0.6 is 0 Å². The van der Waals surface area contributed by atoms with E-state index in [4.69, 9.17) is 0 Å². The van der Waals surface area contributed by atoms with Crippen molar-refractivity contribution in [2.75, 3.05) is 13.6 Å².